The number of halogens is 1. The van der Waals surface area contributed by atoms with Gasteiger partial charge in [-0.25, -0.2) is 4.90 Å². The SMILES string of the molecule is CC(=O)c1ccc(N2C(=O)[C@H]3[C@H](CC=C4[C@H]3C[C@H]3C(=O)N(c5cc(-c6sc7ccc(Cl)cc7c6C)nn5C)C(=O)[C@@]3(C)[C@H]4c3ccc(O)c(C)c3)C2=O)cc1. The minimum Gasteiger partial charge on any atom is -0.508 e. The number of aromatic hydroxyl groups is 1. The maximum absolute atomic E-state index is 15.1. The van der Waals surface area contributed by atoms with Crippen LogP contribution in [-0.4, -0.2) is 44.3 Å². The summed E-state index contributed by atoms with van der Waals surface area (Å²) in [6.07, 6.45) is 2.51. The van der Waals surface area contributed by atoms with Crippen LogP contribution in [0.4, 0.5) is 11.5 Å². The normalized spacial score (nSPS) is 26.1. The van der Waals surface area contributed by atoms with E-state index in [1.807, 2.05) is 44.2 Å². The Kier molecular flexibility index (Phi) is 7.91. The molecule has 6 atom stereocenters. The molecule has 0 spiro atoms. The number of anilines is 2. The summed E-state index contributed by atoms with van der Waals surface area (Å²) in [5, 5.41) is 17.0. The lowest BCUT2D eigenvalue weighted by atomic mass is 9.51. The third-order valence-electron chi connectivity index (χ3n) is 12.6. The van der Waals surface area contributed by atoms with Crippen LogP contribution in [0.2, 0.25) is 5.02 Å². The van der Waals surface area contributed by atoms with Gasteiger partial charge in [0.05, 0.1) is 33.7 Å². The van der Waals surface area contributed by atoms with Crippen molar-refractivity contribution in [3.05, 3.63) is 106 Å². The average molecular weight is 773 g/mol. The van der Waals surface area contributed by atoms with Gasteiger partial charge in [0.2, 0.25) is 23.6 Å². The molecule has 0 unspecified atom stereocenters. The maximum atomic E-state index is 15.1. The summed E-state index contributed by atoms with van der Waals surface area (Å²) in [6.45, 7) is 7.09. The molecular weight excluding hydrogens is 736 g/mol. The van der Waals surface area contributed by atoms with E-state index in [9.17, 15) is 24.3 Å². The Bertz CT molecular complexity index is 2590. The summed E-state index contributed by atoms with van der Waals surface area (Å²) < 4.78 is 2.61. The Morgan fingerprint density at radius 3 is 2.38 bits per heavy atom. The molecule has 12 heteroatoms. The second-order valence-electron chi connectivity index (χ2n) is 15.5. The van der Waals surface area contributed by atoms with Crippen molar-refractivity contribution in [2.45, 2.75) is 46.5 Å². The molecule has 1 N–H and O–H groups in total. The smallest absolute Gasteiger partial charge is 0.242 e. The zero-order chi connectivity index (χ0) is 38.8. The summed E-state index contributed by atoms with van der Waals surface area (Å²) >= 11 is 7.88. The van der Waals surface area contributed by atoms with Gasteiger partial charge in [0.1, 0.15) is 17.3 Å². The van der Waals surface area contributed by atoms with Crippen LogP contribution >= 0.6 is 22.9 Å². The van der Waals surface area contributed by atoms with E-state index in [-0.39, 0.29) is 41.6 Å². The van der Waals surface area contributed by atoms with Crippen LogP contribution in [0.1, 0.15) is 59.7 Å². The van der Waals surface area contributed by atoms with Crippen LogP contribution in [0.25, 0.3) is 20.7 Å². The minimum atomic E-state index is -1.25. The predicted octanol–water partition coefficient (Wildman–Crippen LogP) is 7.92. The van der Waals surface area contributed by atoms with Gasteiger partial charge in [-0.2, -0.15) is 5.10 Å². The van der Waals surface area contributed by atoms with Gasteiger partial charge >= 0.3 is 0 Å². The third kappa shape index (κ3) is 4.98. The Labute approximate surface area is 326 Å². The molecule has 4 amide bonds. The van der Waals surface area contributed by atoms with Crippen molar-refractivity contribution in [3.8, 4) is 16.3 Å². The van der Waals surface area contributed by atoms with E-state index in [1.165, 1.54) is 16.7 Å². The number of phenols is 1. The Morgan fingerprint density at radius 2 is 1.67 bits per heavy atom. The maximum Gasteiger partial charge on any atom is 0.242 e. The fourth-order valence-corrected chi connectivity index (χ4v) is 11.1. The van der Waals surface area contributed by atoms with Crippen molar-refractivity contribution in [2.24, 2.45) is 36.1 Å². The van der Waals surface area contributed by atoms with Gasteiger partial charge < -0.3 is 5.11 Å². The van der Waals surface area contributed by atoms with Gasteiger partial charge in [0.25, 0.3) is 0 Å². The van der Waals surface area contributed by atoms with Crippen molar-refractivity contribution in [2.75, 3.05) is 9.80 Å². The summed E-state index contributed by atoms with van der Waals surface area (Å²) in [7, 11) is 1.72. The highest BCUT2D eigenvalue weighted by atomic mass is 35.5. The molecule has 5 aromatic rings. The molecule has 0 bridgehead atoms. The van der Waals surface area contributed by atoms with Crippen LogP contribution in [0.5, 0.6) is 5.75 Å². The molecule has 2 aliphatic heterocycles. The first-order chi connectivity index (χ1) is 26.2. The standard InChI is InChI=1S/C43H37ClN4O6S/c1-20-16-24(8-14-33(20)50)37-27-12-13-28-36(41(53)47(39(28)51)26-10-6-23(7-11-26)22(3)49)30(27)18-31-40(52)48(42(54)43(31,37)4)35-19-32(45-46(35)5)38-21(2)29-17-25(44)9-15-34(29)55-38/h6-12,14-17,19,28,30-31,36-37,50H,13,18H2,1-5H3/t28-,30+,31-,36-,37-,43+/m0/s1. The van der Waals surface area contributed by atoms with E-state index < -0.39 is 35.0 Å². The van der Waals surface area contributed by atoms with E-state index in [0.717, 1.165) is 31.7 Å². The van der Waals surface area contributed by atoms with E-state index in [4.69, 9.17) is 16.7 Å². The molecule has 3 aromatic carbocycles. The Hall–Kier alpha value is -5.39. The van der Waals surface area contributed by atoms with Gasteiger partial charge in [0.15, 0.2) is 5.78 Å². The number of hydrogen-bond acceptors (Lipinski definition) is 8. The number of benzene rings is 3. The number of aromatic nitrogens is 2. The van der Waals surface area contributed by atoms with E-state index >= 15 is 4.79 Å². The molecule has 10 nitrogen and oxygen atoms in total. The molecule has 2 aliphatic carbocycles. The number of rotatable bonds is 5. The number of ketones is 1. The zero-order valence-electron chi connectivity index (χ0n) is 30.8. The Balaban J connectivity index is 1.14. The van der Waals surface area contributed by atoms with Gasteiger partial charge in [-0.15, -0.1) is 11.3 Å². The molecule has 55 heavy (non-hydrogen) atoms. The number of nitrogens with zero attached hydrogens (tertiary/aromatic N) is 4. The quantitative estimate of drug-likeness (QED) is 0.109. The minimum absolute atomic E-state index is 0.107. The lowest BCUT2D eigenvalue weighted by molar-refractivity contribution is -0.131. The highest BCUT2D eigenvalue weighted by Crippen LogP contribution is 2.64. The molecule has 1 saturated carbocycles. The number of Topliss-reactive ketones (excluding diaryl/α,β-unsaturated/α-hetero) is 1. The number of allylic oxidation sites excluding steroid dienone is 2. The number of aryl methyl sites for hydroxylation is 3. The second-order valence-corrected chi connectivity index (χ2v) is 17.0. The van der Waals surface area contributed by atoms with Crippen LogP contribution in [0, 0.1) is 42.9 Å². The first-order valence-corrected chi connectivity index (χ1v) is 19.5. The van der Waals surface area contributed by atoms with E-state index in [0.29, 0.717) is 39.8 Å². The fourth-order valence-electron chi connectivity index (χ4n) is 9.79. The summed E-state index contributed by atoms with van der Waals surface area (Å²) in [6, 6.07) is 19.2. The van der Waals surface area contributed by atoms with Crippen molar-refractivity contribution in [1.82, 2.24) is 9.78 Å². The molecule has 3 fully saturated rings. The van der Waals surface area contributed by atoms with Gasteiger partial charge in [-0.1, -0.05) is 35.4 Å². The topological polar surface area (TPSA) is 130 Å². The van der Waals surface area contributed by atoms with Crippen molar-refractivity contribution >= 4 is 73.9 Å². The van der Waals surface area contributed by atoms with Crippen LogP contribution in [-0.2, 0) is 26.2 Å². The number of thiophene rings is 1. The number of phenolic OH excluding ortho intramolecular Hbond substituents is 1. The van der Waals surface area contributed by atoms with E-state index in [1.54, 1.807) is 72.5 Å². The first-order valence-electron chi connectivity index (χ1n) is 18.3. The number of fused-ring (bicyclic) bond motifs is 5. The molecule has 9 rings (SSSR count). The molecule has 4 aliphatic rings. The number of carbonyl (C=O) groups is 5. The summed E-state index contributed by atoms with van der Waals surface area (Å²) in [5.74, 6) is -4.40. The Morgan fingerprint density at radius 1 is 0.927 bits per heavy atom. The molecule has 278 valence electrons. The van der Waals surface area contributed by atoms with Crippen molar-refractivity contribution in [1.29, 1.82) is 0 Å². The van der Waals surface area contributed by atoms with Crippen molar-refractivity contribution < 1.29 is 29.1 Å². The monoisotopic (exact) mass is 772 g/mol. The third-order valence-corrected chi connectivity index (χ3v) is 14.1. The molecular formula is C43H37ClN4O6S. The average Bonchev–Trinajstić information content (AvgIpc) is 3.83. The largest absolute Gasteiger partial charge is 0.508 e. The molecule has 4 heterocycles. The second kappa shape index (κ2) is 12.3. The fraction of sp³-hybridized carbons (Fsp3) is 0.302. The van der Waals surface area contributed by atoms with Crippen LogP contribution < -0.4 is 9.80 Å². The molecule has 2 aromatic heterocycles. The highest BCUT2D eigenvalue weighted by Gasteiger charge is 2.68. The molecule has 0 radical (unpaired) electrons. The van der Waals surface area contributed by atoms with Gasteiger partial charge in [-0.05, 0) is 117 Å². The van der Waals surface area contributed by atoms with Crippen molar-refractivity contribution in [3.63, 3.8) is 0 Å². The number of imide groups is 2. The number of carbonyl (C=O) groups excluding carboxylic acids is 5. The number of amides is 4. The van der Waals surface area contributed by atoms with Crippen LogP contribution in [0.15, 0.2) is 78.4 Å². The predicted molar refractivity (Wildman–Crippen MR) is 210 cm³/mol. The molecule has 2 saturated heterocycles. The lowest BCUT2D eigenvalue weighted by Crippen LogP contribution is -2.49. The zero-order valence-corrected chi connectivity index (χ0v) is 32.4. The van der Waals surface area contributed by atoms with Crippen LogP contribution in [0.3, 0.4) is 0 Å². The van der Waals surface area contributed by atoms with Gasteiger partial charge in [0, 0.05) is 34.3 Å². The van der Waals surface area contributed by atoms with Gasteiger partial charge in [-0.3, -0.25) is 33.6 Å². The van der Waals surface area contributed by atoms with E-state index in [2.05, 4.69) is 0 Å². The summed E-state index contributed by atoms with van der Waals surface area (Å²) in [4.78, 5) is 73.8. The highest BCUT2D eigenvalue weighted by molar-refractivity contribution is 7.22. The number of hydrogen-bond donors (Lipinski definition) is 1. The lowest BCUT2D eigenvalue weighted by Gasteiger charge is -2.49. The summed E-state index contributed by atoms with van der Waals surface area (Å²) in [5.41, 5.74) is 3.46. The first kappa shape index (κ1) is 35.3.